The summed E-state index contributed by atoms with van der Waals surface area (Å²) in [6.45, 7) is 5.27. The number of phenols is 1. The lowest BCUT2D eigenvalue weighted by atomic mass is 9.99. The van der Waals surface area contributed by atoms with E-state index in [1.54, 1.807) is 18.2 Å². The number of aromatic hydroxyl groups is 1. The van der Waals surface area contributed by atoms with Crippen LogP contribution in [0.4, 0.5) is 0 Å². The molecule has 0 unspecified atom stereocenters. The molecule has 0 fully saturated rings. The molecule has 0 amide bonds. The summed E-state index contributed by atoms with van der Waals surface area (Å²) < 4.78 is 5.18. The van der Waals surface area contributed by atoms with E-state index in [0.717, 1.165) is 11.1 Å². The minimum atomic E-state index is -0.924. The van der Waals surface area contributed by atoms with Crippen molar-refractivity contribution < 1.29 is 19.4 Å². The lowest BCUT2D eigenvalue weighted by Gasteiger charge is -2.14. The van der Waals surface area contributed by atoms with Crippen molar-refractivity contribution in [3.63, 3.8) is 0 Å². The smallest absolute Gasteiger partial charge is 0.342 e. The van der Waals surface area contributed by atoms with Crippen LogP contribution in [0.2, 0.25) is 0 Å². The number of ether oxygens (including phenoxy) is 1. The second kappa shape index (κ2) is 6.43. The zero-order valence-corrected chi connectivity index (χ0v) is 12.8. The molecule has 4 nitrogen and oxygen atoms in total. The number of rotatable bonds is 4. The molecule has 1 N–H and O–H groups in total. The fourth-order valence-electron chi connectivity index (χ4n) is 2.14. The van der Waals surface area contributed by atoms with E-state index in [1.165, 1.54) is 19.1 Å². The number of esters is 1. The normalized spacial score (nSPS) is 11.8. The number of ketones is 1. The van der Waals surface area contributed by atoms with Gasteiger partial charge in [-0.15, -0.1) is 0 Å². The number of Topliss-reactive ketones (excluding diaryl/α,β-unsaturated/α-hetero) is 1. The number of para-hydroxylation sites is 1. The van der Waals surface area contributed by atoms with Crippen LogP contribution in [0.5, 0.6) is 5.75 Å². The van der Waals surface area contributed by atoms with Gasteiger partial charge in [0.05, 0.1) is 0 Å². The van der Waals surface area contributed by atoms with Crippen LogP contribution in [0.15, 0.2) is 42.5 Å². The lowest BCUT2D eigenvalue weighted by molar-refractivity contribution is 0.0316. The molecule has 0 saturated carbocycles. The van der Waals surface area contributed by atoms with Crippen LogP contribution in [-0.2, 0) is 4.74 Å². The number of benzene rings is 2. The SMILES string of the molecule is Cc1ccc(C)c(C(=O)[C@H](C)OC(=O)c2ccccc2O)c1. The van der Waals surface area contributed by atoms with Crippen molar-refractivity contribution in [3.05, 3.63) is 64.7 Å². The van der Waals surface area contributed by atoms with Crippen molar-refractivity contribution in [2.75, 3.05) is 0 Å². The van der Waals surface area contributed by atoms with Gasteiger partial charge in [0.25, 0.3) is 0 Å². The van der Waals surface area contributed by atoms with Crippen molar-refractivity contribution in [1.82, 2.24) is 0 Å². The van der Waals surface area contributed by atoms with Crippen molar-refractivity contribution in [2.24, 2.45) is 0 Å². The first kappa shape index (κ1) is 15.8. The number of phenolic OH excluding ortho intramolecular Hbond substituents is 1. The maximum absolute atomic E-state index is 12.4. The van der Waals surface area contributed by atoms with Gasteiger partial charge in [0, 0.05) is 5.56 Å². The first-order valence-corrected chi connectivity index (χ1v) is 7.00. The third-order valence-electron chi connectivity index (χ3n) is 3.44. The highest BCUT2D eigenvalue weighted by Gasteiger charge is 2.23. The van der Waals surface area contributed by atoms with E-state index >= 15 is 0 Å². The number of carbonyl (C=O) groups excluding carboxylic acids is 2. The molecule has 0 saturated heterocycles. The molecule has 0 radical (unpaired) electrons. The Balaban J connectivity index is 2.17. The van der Waals surface area contributed by atoms with Gasteiger partial charge in [0.2, 0.25) is 5.78 Å². The molecule has 0 aromatic heterocycles. The molecule has 2 rings (SSSR count). The van der Waals surface area contributed by atoms with Crippen molar-refractivity contribution in [3.8, 4) is 5.75 Å². The van der Waals surface area contributed by atoms with Crippen LogP contribution in [-0.4, -0.2) is 23.0 Å². The first-order chi connectivity index (χ1) is 10.4. The quantitative estimate of drug-likeness (QED) is 0.693. The van der Waals surface area contributed by atoms with E-state index in [0.29, 0.717) is 5.56 Å². The fourth-order valence-corrected chi connectivity index (χ4v) is 2.14. The summed E-state index contributed by atoms with van der Waals surface area (Å²) in [5.74, 6) is -1.15. The van der Waals surface area contributed by atoms with Crippen molar-refractivity contribution >= 4 is 11.8 Å². The van der Waals surface area contributed by atoms with E-state index in [2.05, 4.69) is 0 Å². The number of carbonyl (C=O) groups is 2. The van der Waals surface area contributed by atoms with Gasteiger partial charge in [-0.25, -0.2) is 4.79 Å². The Bertz CT molecular complexity index is 719. The minimum absolute atomic E-state index is 0.0446. The highest BCUT2D eigenvalue weighted by atomic mass is 16.5. The van der Waals surface area contributed by atoms with Gasteiger partial charge in [-0.1, -0.05) is 29.8 Å². The van der Waals surface area contributed by atoms with E-state index in [4.69, 9.17) is 4.74 Å². The Morgan fingerprint density at radius 1 is 1.05 bits per heavy atom. The zero-order chi connectivity index (χ0) is 16.3. The fraction of sp³-hybridized carbons (Fsp3) is 0.222. The largest absolute Gasteiger partial charge is 0.507 e. The monoisotopic (exact) mass is 298 g/mol. The van der Waals surface area contributed by atoms with Gasteiger partial charge in [0.1, 0.15) is 11.3 Å². The van der Waals surface area contributed by atoms with E-state index in [1.807, 2.05) is 26.0 Å². The predicted molar refractivity (Wildman–Crippen MR) is 83.2 cm³/mol. The van der Waals surface area contributed by atoms with E-state index < -0.39 is 12.1 Å². The second-order valence-electron chi connectivity index (χ2n) is 5.25. The van der Waals surface area contributed by atoms with Gasteiger partial charge in [-0.2, -0.15) is 0 Å². The molecular formula is C18H18O4. The van der Waals surface area contributed by atoms with Crippen LogP contribution in [0.25, 0.3) is 0 Å². The van der Waals surface area contributed by atoms with Crippen LogP contribution in [0, 0.1) is 13.8 Å². The Labute approximate surface area is 129 Å². The molecule has 0 heterocycles. The highest BCUT2D eigenvalue weighted by molar-refractivity contribution is 6.02. The summed E-state index contributed by atoms with van der Waals surface area (Å²) >= 11 is 0. The summed E-state index contributed by atoms with van der Waals surface area (Å²) in [6.07, 6.45) is -0.924. The summed E-state index contributed by atoms with van der Waals surface area (Å²) in [6, 6.07) is 11.6. The molecule has 1 atom stereocenters. The van der Waals surface area contributed by atoms with Crippen molar-refractivity contribution in [1.29, 1.82) is 0 Å². The summed E-state index contributed by atoms with van der Waals surface area (Å²) in [5, 5.41) is 9.64. The van der Waals surface area contributed by atoms with Gasteiger partial charge in [0.15, 0.2) is 6.10 Å². The molecule has 0 spiro atoms. The Morgan fingerprint density at radius 2 is 1.73 bits per heavy atom. The summed E-state index contributed by atoms with van der Waals surface area (Å²) in [7, 11) is 0. The van der Waals surface area contributed by atoms with Crippen LogP contribution < -0.4 is 0 Å². The average Bonchev–Trinajstić information content (AvgIpc) is 2.49. The summed E-state index contributed by atoms with van der Waals surface area (Å²) in [5.41, 5.74) is 2.38. The minimum Gasteiger partial charge on any atom is -0.507 e. The molecule has 0 aliphatic rings. The maximum Gasteiger partial charge on any atom is 0.342 e. The topological polar surface area (TPSA) is 63.6 Å². The molecule has 0 aliphatic carbocycles. The second-order valence-corrected chi connectivity index (χ2v) is 5.25. The van der Waals surface area contributed by atoms with Crippen LogP contribution in [0.1, 0.15) is 38.8 Å². The first-order valence-electron chi connectivity index (χ1n) is 7.00. The third-order valence-corrected chi connectivity index (χ3v) is 3.44. The van der Waals surface area contributed by atoms with Gasteiger partial charge in [-0.3, -0.25) is 4.79 Å². The zero-order valence-electron chi connectivity index (χ0n) is 12.8. The van der Waals surface area contributed by atoms with E-state index in [-0.39, 0.29) is 17.1 Å². The van der Waals surface area contributed by atoms with Crippen LogP contribution >= 0.6 is 0 Å². The number of hydrogen-bond acceptors (Lipinski definition) is 4. The van der Waals surface area contributed by atoms with Gasteiger partial charge in [-0.05, 0) is 44.5 Å². The molecule has 4 heteroatoms. The predicted octanol–water partition coefficient (Wildman–Crippen LogP) is 3.44. The van der Waals surface area contributed by atoms with Gasteiger partial charge < -0.3 is 9.84 Å². The maximum atomic E-state index is 12.4. The van der Waals surface area contributed by atoms with Crippen LogP contribution in [0.3, 0.4) is 0 Å². The molecule has 0 aliphatic heterocycles. The molecule has 114 valence electrons. The lowest BCUT2D eigenvalue weighted by Crippen LogP contribution is -2.25. The molecule has 0 bridgehead atoms. The highest BCUT2D eigenvalue weighted by Crippen LogP contribution is 2.19. The molecule has 22 heavy (non-hydrogen) atoms. The Kier molecular flexibility index (Phi) is 4.61. The number of aryl methyl sites for hydroxylation is 2. The number of hydrogen-bond donors (Lipinski definition) is 1. The van der Waals surface area contributed by atoms with Gasteiger partial charge >= 0.3 is 5.97 Å². The molecular weight excluding hydrogens is 280 g/mol. The van der Waals surface area contributed by atoms with Crippen molar-refractivity contribution in [2.45, 2.75) is 26.9 Å². The Hall–Kier alpha value is -2.62. The molecule has 2 aromatic carbocycles. The average molecular weight is 298 g/mol. The van der Waals surface area contributed by atoms with E-state index in [9.17, 15) is 14.7 Å². The summed E-state index contributed by atoms with van der Waals surface area (Å²) in [4.78, 5) is 24.5. The molecule has 2 aromatic rings. The standard InChI is InChI=1S/C18H18O4/c1-11-8-9-12(2)15(10-11)17(20)13(3)22-18(21)14-6-4-5-7-16(14)19/h4-10,13,19H,1-3H3/t13-/m0/s1. The Morgan fingerprint density at radius 3 is 2.41 bits per heavy atom. The third kappa shape index (κ3) is 3.34.